The highest BCUT2D eigenvalue weighted by molar-refractivity contribution is 8.00. The lowest BCUT2D eigenvalue weighted by Gasteiger charge is -2.06. The first kappa shape index (κ1) is 19.1. The summed E-state index contributed by atoms with van der Waals surface area (Å²) in [6.07, 6.45) is 3.76. The molecule has 8 heteroatoms. The molecular formula is C22H15ClN4OS2. The molecule has 0 saturated carbocycles. The molecule has 0 saturated heterocycles. The minimum atomic E-state index is 0.685. The quantitative estimate of drug-likeness (QED) is 0.273. The predicted octanol–water partition coefficient (Wildman–Crippen LogP) is 6.59. The number of hydrogen-bond acceptors (Lipinski definition) is 6. The smallest absolute Gasteiger partial charge is 0.213 e. The van der Waals surface area contributed by atoms with Gasteiger partial charge in [0.2, 0.25) is 4.96 Å². The number of ether oxygens (including phenoxy) is 1. The van der Waals surface area contributed by atoms with E-state index in [0.717, 1.165) is 43.5 Å². The Morgan fingerprint density at radius 1 is 0.967 bits per heavy atom. The zero-order valence-electron chi connectivity index (χ0n) is 15.6. The lowest BCUT2D eigenvalue weighted by atomic mass is 10.2. The molecule has 148 valence electrons. The number of imidazole rings is 1. The number of rotatable bonds is 6. The number of nitrogens with zero attached hydrogens (tertiary/aromatic N) is 4. The number of halogens is 1. The molecule has 0 unspecified atom stereocenters. The van der Waals surface area contributed by atoms with Crippen LogP contribution >= 0.6 is 34.7 Å². The third-order valence-corrected chi connectivity index (χ3v) is 6.64. The number of thioether (sulfide) groups is 1. The first-order valence-corrected chi connectivity index (χ1v) is 11.3. The Hall–Kier alpha value is -2.87. The average molecular weight is 451 g/mol. The molecule has 0 aliphatic heterocycles. The maximum absolute atomic E-state index is 5.91. The highest BCUT2D eigenvalue weighted by Crippen LogP contribution is 2.30. The van der Waals surface area contributed by atoms with E-state index in [-0.39, 0.29) is 0 Å². The van der Waals surface area contributed by atoms with E-state index in [4.69, 9.17) is 21.3 Å². The summed E-state index contributed by atoms with van der Waals surface area (Å²) < 4.78 is 8.65. The summed E-state index contributed by atoms with van der Waals surface area (Å²) in [5.74, 6) is 2.29. The monoisotopic (exact) mass is 450 g/mol. The lowest BCUT2D eigenvalue weighted by molar-refractivity contribution is 0.483. The molecule has 0 fully saturated rings. The summed E-state index contributed by atoms with van der Waals surface area (Å²) in [5, 5.41) is 5.31. The Morgan fingerprint density at radius 2 is 1.73 bits per heavy atom. The number of aromatic nitrogens is 4. The second-order valence-electron chi connectivity index (χ2n) is 6.41. The molecule has 3 aromatic heterocycles. The van der Waals surface area contributed by atoms with Crippen LogP contribution in [0.2, 0.25) is 5.02 Å². The van der Waals surface area contributed by atoms with Crippen LogP contribution in [0.15, 0.2) is 83.5 Å². The molecule has 2 aromatic carbocycles. The Balaban J connectivity index is 1.27. The summed E-state index contributed by atoms with van der Waals surface area (Å²) in [7, 11) is 0. The van der Waals surface area contributed by atoms with Crippen molar-refractivity contribution in [1.82, 2.24) is 19.6 Å². The molecule has 0 aliphatic carbocycles. The first-order valence-electron chi connectivity index (χ1n) is 9.16. The van der Waals surface area contributed by atoms with E-state index in [0.29, 0.717) is 5.02 Å². The lowest BCUT2D eigenvalue weighted by Crippen LogP contribution is -1.86. The highest BCUT2D eigenvalue weighted by atomic mass is 35.5. The van der Waals surface area contributed by atoms with Crippen LogP contribution in [0.5, 0.6) is 11.5 Å². The van der Waals surface area contributed by atoms with Crippen LogP contribution in [0.25, 0.3) is 16.2 Å². The zero-order chi connectivity index (χ0) is 20.3. The zero-order valence-corrected chi connectivity index (χ0v) is 18.0. The second-order valence-corrected chi connectivity index (χ2v) is 9.03. The highest BCUT2D eigenvalue weighted by Gasteiger charge is 2.11. The van der Waals surface area contributed by atoms with Gasteiger partial charge in [0, 0.05) is 22.5 Å². The first-order chi connectivity index (χ1) is 14.7. The SMILES string of the molecule is Clc1ccc(Oc2ccc(-c3cn4nc(SCc5ccccn5)sc4n3)cc2)cc1. The molecule has 5 nitrogen and oxygen atoms in total. The molecule has 30 heavy (non-hydrogen) atoms. The van der Waals surface area contributed by atoms with Gasteiger partial charge in [0.05, 0.1) is 17.6 Å². The Kier molecular flexibility index (Phi) is 5.40. The number of pyridine rings is 1. The molecule has 0 spiro atoms. The molecule has 0 aliphatic rings. The van der Waals surface area contributed by atoms with Gasteiger partial charge in [-0.05, 0) is 60.7 Å². The van der Waals surface area contributed by atoms with Crippen LogP contribution in [0.1, 0.15) is 5.69 Å². The van der Waals surface area contributed by atoms with Crippen LogP contribution in [-0.4, -0.2) is 19.6 Å². The maximum Gasteiger partial charge on any atom is 0.213 e. The van der Waals surface area contributed by atoms with Crippen molar-refractivity contribution < 1.29 is 4.74 Å². The van der Waals surface area contributed by atoms with Gasteiger partial charge in [-0.1, -0.05) is 40.8 Å². The van der Waals surface area contributed by atoms with E-state index in [1.807, 2.05) is 71.5 Å². The van der Waals surface area contributed by atoms with Crippen molar-refractivity contribution in [1.29, 1.82) is 0 Å². The molecule has 0 radical (unpaired) electrons. The molecule has 5 rings (SSSR count). The van der Waals surface area contributed by atoms with Gasteiger partial charge in [-0.3, -0.25) is 4.98 Å². The fraction of sp³-hybridized carbons (Fsp3) is 0.0455. The number of benzene rings is 2. The average Bonchev–Trinajstić information content (AvgIpc) is 3.34. The van der Waals surface area contributed by atoms with Crippen LogP contribution < -0.4 is 4.74 Å². The molecule has 0 atom stereocenters. The fourth-order valence-corrected chi connectivity index (χ4v) is 4.80. The summed E-state index contributed by atoms with van der Waals surface area (Å²) in [6.45, 7) is 0. The summed E-state index contributed by atoms with van der Waals surface area (Å²) in [6, 6.07) is 21.1. The van der Waals surface area contributed by atoms with E-state index in [9.17, 15) is 0 Å². The maximum atomic E-state index is 5.91. The normalized spacial score (nSPS) is 11.1. The van der Waals surface area contributed by atoms with Gasteiger partial charge in [0.15, 0.2) is 4.34 Å². The van der Waals surface area contributed by atoms with E-state index in [2.05, 4.69) is 10.1 Å². The van der Waals surface area contributed by atoms with E-state index in [1.54, 1.807) is 35.2 Å². The Morgan fingerprint density at radius 3 is 2.43 bits per heavy atom. The molecule has 3 heterocycles. The standard InChI is InChI=1S/C22H15ClN4OS2/c23-16-6-10-19(11-7-16)28-18-8-4-15(5-9-18)20-13-27-21(25-20)30-22(26-27)29-14-17-3-1-2-12-24-17/h1-13H,14H2. The number of fused-ring (bicyclic) bond motifs is 1. The van der Waals surface area contributed by atoms with Gasteiger partial charge in [0.1, 0.15) is 11.5 Å². The summed E-state index contributed by atoms with van der Waals surface area (Å²) in [5.41, 5.74) is 2.93. The van der Waals surface area contributed by atoms with E-state index in [1.165, 1.54) is 0 Å². The molecule has 5 aromatic rings. The van der Waals surface area contributed by atoms with Crippen LogP contribution in [0, 0.1) is 0 Å². The third-order valence-electron chi connectivity index (χ3n) is 4.29. The van der Waals surface area contributed by atoms with Gasteiger partial charge >= 0.3 is 0 Å². The third kappa shape index (κ3) is 4.33. The van der Waals surface area contributed by atoms with Crippen molar-refractivity contribution in [3.05, 3.63) is 89.8 Å². The fourth-order valence-electron chi connectivity index (χ4n) is 2.83. The summed E-state index contributed by atoms with van der Waals surface area (Å²) in [4.78, 5) is 9.93. The minimum absolute atomic E-state index is 0.685. The van der Waals surface area contributed by atoms with Crippen molar-refractivity contribution in [3.8, 4) is 22.8 Å². The van der Waals surface area contributed by atoms with Crippen molar-refractivity contribution in [2.24, 2.45) is 0 Å². The molecule has 0 amide bonds. The van der Waals surface area contributed by atoms with Gasteiger partial charge < -0.3 is 4.74 Å². The topological polar surface area (TPSA) is 52.3 Å². The minimum Gasteiger partial charge on any atom is -0.457 e. The van der Waals surface area contributed by atoms with Gasteiger partial charge in [-0.15, -0.1) is 5.10 Å². The van der Waals surface area contributed by atoms with Crippen LogP contribution in [0.3, 0.4) is 0 Å². The van der Waals surface area contributed by atoms with E-state index >= 15 is 0 Å². The van der Waals surface area contributed by atoms with Gasteiger partial charge in [-0.25, -0.2) is 9.50 Å². The van der Waals surface area contributed by atoms with Gasteiger partial charge in [0.25, 0.3) is 0 Å². The Labute approximate surface area is 186 Å². The number of hydrogen-bond donors (Lipinski definition) is 0. The Bertz CT molecular complexity index is 1240. The largest absolute Gasteiger partial charge is 0.457 e. The van der Waals surface area contributed by atoms with E-state index < -0.39 is 0 Å². The van der Waals surface area contributed by atoms with Crippen molar-refractivity contribution in [2.75, 3.05) is 0 Å². The second kappa shape index (κ2) is 8.47. The van der Waals surface area contributed by atoms with Crippen LogP contribution in [0.4, 0.5) is 0 Å². The van der Waals surface area contributed by atoms with Crippen molar-refractivity contribution >= 4 is 39.7 Å². The van der Waals surface area contributed by atoms with Crippen molar-refractivity contribution in [3.63, 3.8) is 0 Å². The van der Waals surface area contributed by atoms with Gasteiger partial charge in [-0.2, -0.15) is 0 Å². The molecule has 0 bridgehead atoms. The molecular weight excluding hydrogens is 436 g/mol. The van der Waals surface area contributed by atoms with Crippen LogP contribution in [-0.2, 0) is 5.75 Å². The predicted molar refractivity (Wildman–Crippen MR) is 122 cm³/mol. The summed E-state index contributed by atoms with van der Waals surface area (Å²) >= 11 is 9.16. The molecule has 0 N–H and O–H groups in total. The van der Waals surface area contributed by atoms with Crippen molar-refractivity contribution in [2.45, 2.75) is 10.1 Å².